The number of ether oxygens (including phenoxy) is 1. The number of nitrogen functional groups attached to an aromatic ring is 1. The molecule has 6 heteroatoms. The standard InChI is InChI=1S/C9H12N2O3S/c1-11(5-7(12)14-2)9(13)8-6(10)3-4-15-8/h3-4H,5,10H2,1-2H3. The molecule has 5 nitrogen and oxygen atoms in total. The highest BCUT2D eigenvalue weighted by Crippen LogP contribution is 2.20. The van der Waals surface area contributed by atoms with Gasteiger partial charge in [0.05, 0.1) is 12.8 Å². The third kappa shape index (κ3) is 2.69. The summed E-state index contributed by atoms with van der Waals surface area (Å²) in [5.41, 5.74) is 6.02. The maximum atomic E-state index is 11.7. The number of hydrogen-bond acceptors (Lipinski definition) is 5. The maximum absolute atomic E-state index is 11.7. The summed E-state index contributed by atoms with van der Waals surface area (Å²) in [6.45, 7) is -0.0767. The van der Waals surface area contributed by atoms with Crippen molar-refractivity contribution < 1.29 is 14.3 Å². The number of nitrogens with two attached hydrogens (primary N) is 1. The van der Waals surface area contributed by atoms with E-state index in [0.29, 0.717) is 10.6 Å². The predicted molar refractivity (Wildman–Crippen MR) is 57.7 cm³/mol. The van der Waals surface area contributed by atoms with E-state index in [1.807, 2.05) is 0 Å². The van der Waals surface area contributed by atoms with E-state index in [2.05, 4.69) is 4.74 Å². The molecule has 1 rings (SSSR count). The van der Waals surface area contributed by atoms with Crippen LogP contribution in [0.4, 0.5) is 5.69 Å². The van der Waals surface area contributed by atoms with Crippen molar-refractivity contribution in [3.05, 3.63) is 16.3 Å². The summed E-state index contributed by atoms with van der Waals surface area (Å²) in [5.74, 6) is -0.728. The van der Waals surface area contributed by atoms with Crippen LogP contribution in [0.1, 0.15) is 9.67 Å². The first kappa shape index (κ1) is 11.5. The van der Waals surface area contributed by atoms with E-state index < -0.39 is 5.97 Å². The molecule has 0 saturated heterocycles. The summed E-state index contributed by atoms with van der Waals surface area (Å²) < 4.78 is 4.46. The Bertz CT molecular complexity index is 375. The predicted octanol–water partition coefficient (Wildman–Crippen LogP) is 0.575. The van der Waals surface area contributed by atoms with Gasteiger partial charge in [0.15, 0.2) is 0 Å². The smallest absolute Gasteiger partial charge is 0.325 e. The molecule has 1 aromatic rings. The van der Waals surface area contributed by atoms with Crippen molar-refractivity contribution in [3.8, 4) is 0 Å². The minimum Gasteiger partial charge on any atom is -0.468 e. The zero-order valence-electron chi connectivity index (χ0n) is 8.52. The zero-order chi connectivity index (χ0) is 11.4. The largest absolute Gasteiger partial charge is 0.468 e. The molecule has 0 aliphatic carbocycles. The Morgan fingerprint density at radius 1 is 1.60 bits per heavy atom. The number of hydrogen-bond donors (Lipinski definition) is 1. The van der Waals surface area contributed by atoms with Gasteiger partial charge >= 0.3 is 5.97 Å². The lowest BCUT2D eigenvalue weighted by Crippen LogP contribution is -2.32. The molecule has 0 atom stereocenters. The lowest BCUT2D eigenvalue weighted by atomic mass is 10.3. The van der Waals surface area contributed by atoms with Crippen LogP contribution in [0.25, 0.3) is 0 Å². The average molecular weight is 228 g/mol. The number of rotatable bonds is 3. The summed E-state index contributed by atoms with van der Waals surface area (Å²) in [6, 6.07) is 1.66. The second-order valence-electron chi connectivity index (χ2n) is 2.94. The molecule has 0 aliphatic rings. The van der Waals surface area contributed by atoms with Gasteiger partial charge in [-0.15, -0.1) is 11.3 Å². The fourth-order valence-corrected chi connectivity index (χ4v) is 1.81. The molecule has 0 aliphatic heterocycles. The van der Waals surface area contributed by atoms with Gasteiger partial charge < -0.3 is 15.4 Å². The van der Waals surface area contributed by atoms with Crippen molar-refractivity contribution in [1.29, 1.82) is 0 Å². The van der Waals surface area contributed by atoms with Gasteiger partial charge in [-0.1, -0.05) is 0 Å². The van der Waals surface area contributed by atoms with Gasteiger partial charge in [0.25, 0.3) is 5.91 Å². The highest BCUT2D eigenvalue weighted by Gasteiger charge is 2.18. The first-order chi connectivity index (χ1) is 7.06. The Morgan fingerprint density at radius 2 is 2.27 bits per heavy atom. The number of anilines is 1. The number of carbonyl (C=O) groups is 2. The molecule has 1 aromatic heterocycles. The fraction of sp³-hybridized carbons (Fsp3) is 0.333. The van der Waals surface area contributed by atoms with Gasteiger partial charge in [0.2, 0.25) is 0 Å². The van der Waals surface area contributed by atoms with E-state index in [0.717, 1.165) is 0 Å². The lowest BCUT2D eigenvalue weighted by molar-refractivity contribution is -0.141. The molecule has 15 heavy (non-hydrogen) atoms. The van der Waals surface area contributed by atoms with E-state index in [9.17, 15) is 9.59 Å². The van der Waals surface area contributed by atoms with Crippen molar-refractivity contribution >= 4 is 28.9 Å². The Hall–Kier alpha value is -1.56. The van der Waals surface area contributed by atoms with Crippen molar-refractivity contribution in [1.82, 2.24) is 4.90 Å². The van der Waals surface area contributed by atoms with E-state index in [1.165, 1.54) is 30.4 Å². The van der Waals surface area contributed by atoms with Crippen molar-refractivity contribution in [2.24, 2.45) is 0 Å². The molecule has 1 heterocycles. The minimum absolute atomic E-state index is 0.0767. The Labute approximate surface area is 91.4 Å². The molecular formula is C9H12N2O3S. The normalized spacial score (nSPS) is 9.73. The van der Waals surface area contributed by atoms with Crippen molar-refractivity contribution in [2.75, 3.05) is 26.4 Å². The second-order valence-corrected chi connectivity index (χ2v) is 3.86. The minimum atomic E-state index is -0.457. The summed E-state index contributed by atoms with van der Waals surface area (Å²) in [4.78, 5) is 24.4. The average Bonchev–Trinajstić information content (AvgIpc) is 2.63. The highest BCUT2D eigenvalue weighted by atomic mass is 32.1. The third-order valence-electron chi connectivity index (χ3n) is 1.83. The van der Waals surface area contributed by atoms with Crippen LogP contribution in [-0.4, -0.2) is 37.5 Å². The number of carbonyl (C=O) groups excluding carboxylic acids is 2. The van der Waals surface area contributed by atoms with Gasteiger partial charge in [-0.3, -0.25) is 9.59 Å². The number of likely N-dealkylation sites (N-methyl/N-ethyl adjacent to an activating group) is 1. The molecular weight excluding hydrogens is 216 g/mol. The molecule has 0 radical (unpaired) electrons. The summed E-state index contributed by atoms with van der Waals surface area (Å²) >= 11 is 1.25. The molecule has 0 spiro atoms. The summed E-state index contributed by atoms with van der Waals surface area (Å²) in [5, 5.41) is 1.73. The van der Waals surface area contributed by atoms with Crippen LogP contribution in [-0.2, 0) is 9.53 Å². The third-order valence-corrected chi connectivity index (χ3v) is 2.75. The number of methoxy groups -OCH3 is 1. The van der Waals surface area contributed by atoms with Crippen LogP contribution < -0.4 is 5.73 Å². The van der Waals surface area contributed by atoms with Crippen LogP contribution in [0.15, 0.2) is 11.4 Å². The number of amides is 1. The maximum Gasteiger partial charge on any atom is 0.325 e. The molecule has 0 fully saturated rings. The Morgan fingerprint density at radius 3 is 2.73 bits per heavy atom. The van der Waals surface area contributed by atoms with Crippen LogP contribution >= 0.6 is 11.3 Å². The lowest BCUT2D eigenvalue weighted by Gasteiger charge is -2.14. The molecule has 1 amide bonds. The number of nitrogens with zero attached hydrogens (tertiary/aromatic N) is 1. The Kier molecular flexibility index (Phi) is 3.68. The van der Waals surface area contributed by atoms with E-state index in [-0.39, 0.29) is 12.5 Å². The van der Waals surface area contributed by atoms with Gasteiger partial charge in [-0.2, -0.15) is 0 Å². The van der Waals surface area contributed by atoms with Crippen LogP contribution in [0.2, 0.25) is 0 Å². The summed E-state index contributed by atoms with van der Waals surface area (Å²) in [6.07, 6.45) is 0. The zero-order valence-corrected chi connectivity index (χ0v) is 9.34. The topological polar surface area (TPSA) is 72.6 Å². The molecule has 0 aromatic carbocycles. The van der Waals surface area contributed by atoms with E-state index in [4.69, 9.17) is 5.73 Å². The van der Waals surface area contributed by atoms with Gasteiger partial charge in [0, 0.05) is 7.05 Å². The van der Waals surface area contributed by atoms with Crippen molar-refractivity contribution in [3.63, 3.8) is 0 Å². The second kappa shape index (κ2) is 4.79. The molecule has 2 N–H and O–H groups in total. The fourth-order valence-electron chi connectivity index (χ4n) is 0.996. The molecule has 82 valence electrons. The molecule has 0 bridgehead atoms. The Balaban J connectivity index is 2.69. The molecule has 0 unspecified atom stereocenters. The van der Waals surface area contributed by atoms with Crippen LogP contribution in [0.3, 0.4) is 0 Å². The highest BCUT2D eigenvalue weighted by molar-refractivity contribution is 7.12. The van der Waals surface area contributed by atoms with Crippen LogP contribution in [0, 0.1) is 0 Å². The molecule has 0 saturated carbocycles. The quantitative estimate of drug-likeness (QED) is 0.768. The van der Waals surface area contributed by atoms with E-state index in [1.54, 1.807) is 11.4 Å². The summed E-state index contributed by atoms with van der Waals surface area (Å²) in [7, 11) is 2.80. The SMILES string of the molecule is COC(=O)CN(C)C(=O)c1sccc1N. The van der Waals surface area contributed by atoms with Gasteiger partial charge in [0.1, 0.15) is 11.4 Å². The van der Waals surface area contributed by atoms with Gasteiger partial charge in [-0.25, -0.2) is 0 Å². The number of thiophene rings is 1. The van der Waals surface area contributed by atoms with Gasteiger partial charge in [-0.05, 0) is 11.4 Å². The first-order valence-electron chi connectivity index (χ1n) is 4.21. The van der Waals surface area contributed by atoms with E-state index >= 15 is 0 Å². The van der Waals surface area contributed by atoms with Crippen LogP contribution in [0.5, 0.6) is 0 Å². The van der Waals surface area contributed by atoms with Crippen molar-refractivity contribution in [2.45, 2.75) is 0 Å². The number of esters is 1. The first-order valence-corrected chi connectivity index (χ1v) is 5.09. The monoisotopic (exact) mass is 228 g/mol.